The first-order valence-electron chi connectivity index (χ1n) is 6.99. The van der Waals surface area contributed by atoms with Gasteiger partial charge < -0.3 is 5.32 Å². The highest BCUT2D eigenvalue weighted by Gasteiger charge is 2.26. The van der Waals surface area contributed by atoms with Crippen LogP contribution in [0.25, 0.3) is 0 Å². The van der Waals surface area contributed by atoms with Gasteiger partial charge in [-0.1, -0.05) is 0 Å². The molecular formula is C14H17F2N5. The van der Waals surface area contributed by atoms with E-state index in [0.29, 0.717) is 18.2 Å². The molecule has 0 unspecified atom stereocenters. The zero-order chi connectivity index (χ0) is 14.8. The Balaban J connectivity index is 1.63. The molecule has 21 heavy (non-hydrogen) atoms. The van der Waals surface area contributed by atoms with Crippen LogP contribution in [0.4, 0.5) is 14.5 Å². The second-order valence-electron chi connectivity index (χ2n) is 5.33. The molecule has 2 aromatic heterocycles. The van der Waals surface area contributed by atoms with E-state index in [0.717, 1.165) is 30.1 Å². The molecule has 0 saturated heterocycles. The molecule has 0 atom stereocenters. The summed E-state index contributed by atoms with van der Waals surface area (Å²) in [5, 5.41) is 7.03. The number of anilines is 1. The third-order valence-electron chi connectivity index (χ3n) is 3.30. The first-order chi connectivity index (χ1) is 10.1. The van der Waals surface area contributed by atoms with Gasteiger partial charge >= 0.3 is 0 Å². The van der Waals surface area contributed by atoms with Gasteiger partial charge in [0.15, 0.2) is 0 Å². The van der Waals surface area contributed by atoms with Gasteiger partial charge in [0.25, 0.3) is 6.43 Å². The molecule has 0 bridgehead atoms. The lowest BCUT2D eigenvalue weighted by Gasteiger charge is -2.06. The van der Waals surface area contributed by atoms with Crippen LogP contribution in [0.15, 0.2) is 18.5 Å². The molecule has 2 heterocycles. The van der Waals surface area contributed by atoms with Crippen molar-refractivity contribution < 1.29 is 8.78 Å². The van der Waals surface area contributed by atoms with Crippen molar-refractivity contribution in [3.05, 3.63) is 35.7 Å². The van der Waals surface area contributed by atoms with Crippen LogP contribution in [0.1, 0.15) is 36.0 Å². The summed E-state index contributed by atoms with van der Waals surface area (Å²) in [7, 11) is 0. The van der Waals surface area contributed by atoms with Crippen LogP contribution in [0.5, 0.6) is 0 Å². The number of hydrogen-bond donors (Lipinski definition) is 1. The van der Waals surface area contributed by atoms with Crippen molar-refractivity contribution in [2.45, 2.75) is 45.2 Å². The lowest BCUT2D eigenvalue weighted by Crippen LogP contribution is -2.07. The van der Waals surface area contributed by atoms with E-state index in [1.165, 1.54) is 10.9 Å². The number of hydrogen-bond acceptors (Lipinski definition) is 4. The molecule has 1 N–H and O–H groups in total. The van der Waals surface area contributed by atoms with Gasteiger partial charge in [-0.15, -0.1) is 0 Å². The lowest BCUT2D eigenvalue weighted by molar-refractivity contribution is 0.122. The number of aromatic nitrogens is 4. The fourth-order valence-corrected chi connectivity index (χ4v) is 2.16. The van der Waals surface area contributed by atoms with E-state index in [1.54, 1.807) is 6.20 Å². The third-order valence-corrected chi connectivity index (χ3v) is 3.30. The second-order valence-corrected chi connectivity index (χ2v) is 5.33. The summed E-state index contributed by atoms with van der Waals surface area (Å²) >= 11 is 0. The highest BCUT2D eigenvalue weighted by atomic mass is 19.3. The number of nitrogens with one attached hydrogen (secondary N) is 1. The fourth-order valence-electron chi connectivity index (χ4n) is 2.16. The molecule has 2 aromatic rings. The first-order valence-corrected chi connectivity index (χ1v) is 6.99. The average Bonchev–Trinajstić information content (AvgIpc) is 3.18. The molecular weight excluding hydrogens is 276 g/mol. The minimum Gasteiger partial charge on any atom is -0.377 e. The summed E-state index contributed by atoms with van der Waals surface area (Å²) in [5.41, 5.74) is 2.57. The van der Waals surface area contributed by atoms with Crippen LogP contribution in [-0.2, 0) is 13.1 Å². The number of nitrogens with zero attached hydrogens (tertiary/aromatic N) is 4. The van der Waals surface area contributed by atoms with Crippen molar-refractivity contribution in [3.63, 3.8) is 0 Å². The number of rotatable bonds is 6. The van der Waals surface area contributed by atoms with Crippen LogP contribution in [-0.4, -0.2) is 26.2 Å². The van der Waals surface area contributed by atoms with Crippen LogP contribution in [0.2, 0.25) is 0 Å². The van der Waals surface area contributed by atoms with Crippen molar-refractivity contribution in [2.24, 2.45) is 0 Å². The smallest absolute Gasteiger partial charge is 0.257 e. The minimum atomic E-state index is -2.40. The molecule has 1 aliphatic carbocycles. The Hall–Kier alpha value is -2.05. The zero-order valence-corrected chi connectivity index (χ0v) is 11.8. The summed E-state index contributed by atoms with van der Waals surface area (Å²) in [6.45, 7) is 2.10. The molecule has 0 spiro atoms. The molecule has 0 amide bonds. The van der Waals surface area contributed by atoms with Crippen molar-refractivity contribution in [1.29, 1.82) is 0 Å². The monoisotopic (exact) mass is 293 g/mol. The van der Waals surface area contributed by atoms with Gasteiger partial charge in [-0.25, -0.2) is 18.7 Å². The summed E-state index contributed by atoms with van der Waals surface area (Å²) in [4.78, 5) is 8.99. The summed E-state index contributed by atoms with van der Waals surface area (Å²) in [5.74, 6) is 1.43. The SMILES string of the molecule is Cc1cc(CNc2cnn(CC(F)F)c2)nc(C2CC2)n1. The van der Waals surface area contributed by atoms with Crippen molar-refractivity contribution in [3.8, 4) is 0 Å². The van der Waals surface area contributed by atoms with Crippen molar-refractivity contribution in [2.75, 3.05) is 5.32 Å². The van der Waals surface area contributed by atoms with E-state index in [9.17, 15) is 8.78 Å². The van der Waals surface area contributed by atoms with E-state index in [4.69, 9.17) is 0 Å². The van der Waals surface area contributed by atoms with Gasteiger partial charge in [0.1, 0.15) is 12.4 Å². The fraction of sp³-hybridized carbons (Fsp3) is 0.500. The Morgan fingerprint density at radius 3 is 2.90 bits per heavy atom. The first kappa shape index (κ1) is 13.9. The van der Waals surface area contributed by atoms with E-state index in [1.807, 2.05) is 13.0 Å². The number of alkyl halides is 2. The molecule has 3 rings (SSSR count). The maximum Gasteiger partial charge on any atom is 0.257 e. The number of halogens is 2. The van der Waals surface area contributed by atoms with Gasteiger partial charge in [0, 0.05) is 17.8 Å². The van der Waals surface area contributed by atoms with Crippen molar-refractivity contribution >= 4 is 5.69 Å². The molecule has 1 fully saturated rings. The van der Waals surface area contributed by atoms with Gasteiger partial charge in [-0.3, -0.25) is 4.68 Å². The van der Waals surface area contributed by atoms with Crippen LogP contribution in [0.3, 0.4) is 0 Å². The average molecular weight is 293 g/mol. The van der Waals surface area contributed by atoms with Crippen LogP contribution >= 0.6 is 0 Å². The Kier molecular flexibility index (Phi) is 3.81. The molecule has 0 aromatic carbocycles. The lowest BCUT2D eigenvalue weighted by atomic mass is 10.3. The quantitative estimate of drug-likeness (QED) is 0.889. The van der Waals surface area contributed by atoms with Crippen LogP contribution < -0.4 is 5.32 Å². The highest BCUT2D eigenvalue weighted by molar-refractivity contribution is 5.38. The molecule has 1 aliphatic rings. The molecule has 112 valence electrons. The van der Waals surface area contributed by atoms with E-state index < -0.39 is 6.43 Å². The predicted octanol–water partition coefficient (Wildman–Crippen LogP) is 2.74. The largest absolute Gasteiger partial charge is 0.377 e. The van der Waals surface area contributed by atoms with Gasteiger partial charge in [0.2, 0.25) is 0 Å². The minimum absolute atomic E-state index is 0.389. The molecule has 0 aliphatic heterocycles. The molecule has 5 nitrogen and oxygen atoms in total. The highest BCUT2D eigenvalue weighted by Crippen LogP contribution is 2.38. The Morgan fingerprint density at radius 1 is 1.38 bits per heavy atom. The van der Waals surface area contributed by atoms with Crippen LogP contribution in [0, 0.1) is 6.92 Å². The van der Waals surface area contributed by atoms with Gasteiger partial charge in [-0.05, 0) is 25.8 Å². The normalized spacial score (nSPS) is 14.7. The standard InChI is InChI=1S/C14H17F2N5/c1-9-4-11(20-14(19-9)10-2-3-10)5-17-12-6-18-21(7-12)8-13(15)16/h4,6-7,10,13,17H,2-3,5,8H2,1H3. The van der Waals surface area contributed by atoms with E-state index >= 15 is 0 Å². The van der Waals surface area contributed by atoms with E-state index in [-0.39, 0.29) is 6.54 Å². The summed E-state index contributed by atoms with van der Waals surface area (Å²) in [6.07, 6.45) is 3.04. The van der Waals surface area contributed by atoms with E-state index in [2.05, 4.69) is 20.4 Å². The Labute approximate surface area is 121 Å². The summed E-state index contributed by atoms with van der Waals surface area (Å²) in [6, 6.07) is 1.93. The zero-order valence-electron chi connectivity index (χ0n) is 11.8. The molecule has 1 saturated carbocycles. The topological polar surface area (TPSA) is 55.6 Å². The maximum atomic E-state index is 12.3. The second kappa shape index (κ2) is 5.75. The maximum absolute atomic E-state index is 12.3. The van der Waals surface area contributed by atoms with Gasteiger partial charge in [-0.2, -0.15) is 5.10 Å². The molecule has 7 heteroatoms. The Bertz CT molecular complexity index is 622. The Morgan fingerprint density at radius 2 is 2.19 bits per heavy atom. The number of aryl methyl sites for hydroxylation is 1. The van der Waals surface area contributed by atoms with Crippen molar-refractivity contribution in [1.82, 2.24) is 19.7 Å². The van der Waals surface area contributed by atoms with Gasteiger partial charge in [0.05, 0.1) is 24.1 Å². The predicted molar refractivity (Wildman–Crippen MR) is 74.3 cm³/mol. The molecule has 0 radical (unpaired) electrons. The third kappa shape index (κ3) is 3.74. The summed E-state index contributed by atoms with van der Waals surface area (Å²) < 4.78 is 25.7.